The number of carbonyl (C=O) groups is 1. The minimum Gasteiger partial charge on any atom is -0.276 e. The molecule has 1 saturated carbocycles. The van der Waals surface area contributed by atoms with Gasteiger partial charge in [-0.05, 0) is 48.6 Å². The maximum absolute atomic E-state index is 12.3. The van der Waals surface area contributed by atoms with E-state index in [-0.39, 0.29) is 16.4 Å². The number of hydrogen-bond donors (Lipinski definition) is 0. The van der Waals surface area contributed by atoms with Gasteiger partial charge in [0.25, 0.3) is 9.99 Å². The molecule has 1 fully saturated rings. The average Bonchev–Trinajstić information content (AvgIpc) is 2.86. The van der Waals surface area contributed by atoms with E-state index in [2.05, 4.69) is 0 Å². The highest BCUT2D eigenvalue weighted by atomic mass is 35.5. The van der Waals surface area contributed by atoms with Crippen molar-refractivity contribution in [2.24, 2.45) is 5.92 Å². The quantitative estimate of drug-likeness (QED) is 0.583. The van der Waals surface area contributed by atoms with Gasteiger partial charge in [-0.25, -0.2) is 8.42 Å². The summed E-state index contributed by atoms with van der Waals surface area (Å²) in [6, 6.07) is 3.06. The molecule has 1 aromatic rings. The van der Waals surface area contributed by atoms with Crippen LogP contribution >= 0.6 is 11.6 Å². The van der Waals surface area contributed by atoms with E-state index in [4.69, 9.17) is 11.6 Å². The number of hydrogen-bond acceptors (Lipinski definition) is 4. The average molecular weight is 376 g/mol. The lowest BCUT2D eigenvalue weighted by Gasteiger charge is -2.21. The molecule has 0 aromatic heterocycles. The van der Waals surface area contributed by atoms with Gasteiger partial charge in [0.05, 0.1) is 4.90 Å². The number of rotatable bonds is 5. The lowest BCUT2D eigenvalue weighted by atomic mass is 9.86. The summed E-state index contributed by atoms with van der Waals surface area (Å²) in [6.45, 7) is 3.86. The van der Waals surface area contributed by atoms with Gasteiger partial charge in [-0.2, -0.15) is 0 Å². The molecule has 7 heteroatoms. The van der Waals surface area contributed by atoms with Crippen molar-refractivity contribution in [2.45, 2.75) is 49.2 Å². The fraction of sp³-hybridized carbons (Fsp3) is 0.562. The molecule has 0 radical (unpaired) electrons. The first kappa shape index (κ1) is 18.5. The van der Waals surface area contributed by atoms with Crippen LogP contribution in [0.3, 0.4) is 0 Å². The van der Waals surface area contributed by atoms with E-state index in [1.54, 1.807) is 6.07 Å². The van der Waals surface area contributed by atoms with E-state index in [1.807, 2.05) is 13.8 Å². The van der Waals surface area contributed by atoms with Gasteiger partial charge in [0.15, 0.2) is 9.84 Å². The van der Waals surface area contributed by atoms with Crippen LogP contribution in [0, 0.1) is 5.92 Å². The fourth-order valence-electron chi connectivity index (χ4n) is 3.46. The fourth-order valence-corrected chi connectivity index (χ4v) is 5.44. The standard InChI is InChI=1S/C16H20ClO4S2/c1-4-11-8-13(16(22-19)7-5-6-10(16)2)14(23(3,20)21)9-12(11)15(17)18/h8-10H,4-7H2,1-3H3/q+1. The predicted molar refractivity (Wildman–Crippen MR) is 91.9 cm³/mol. The van der Waals surface area contributed by atoms with E-state index in [0.29, 0.717) is 35.6 Å². The van der Waals surface area contributed by atoms with Gasteiger partial charge >= 0.3 is 11.7 Å². The van der Waals surface area contributed by atoms with Crippen molar-refractivity contribution in [1.29, 1.82) is 0 Å². The molecular weight excluding hydrogens is 356 g/mol. The Morgan fingerprint density at radius 2 is 2.09 bits per heavy atom. The third-order valence-corrected chi connectivity index (χ3v) is 7.25. The van der Waals surface area contributed by atoms with Gasteiger partial charge in [-0.1, -0.05) is 13.8 Å². The molecule has 1 aromatic carbocycles. The minimum atomic E-state index is -3.59. The summed E-state index contributed by atoms with van der Waals surface area (Å²) in [5, 5.41) is -0.679. The lowest BCUT2D eigenvalue weighted by molar-refractivity contribution is 0.108. The highest BCUT2D eigenvalue weighted by molar-refractivity contribution is 7.90. The second-order valence-electron chi connectivity index (χ2n) is 6.17. The Morgan fingerprint density at radius 3 is 2.48 bits per heavy atom. The second-order valence-corrected chi connectivity index (χ2v) is 9.39. The highest BCUT2D eigenvalue weighted by Crippen LogP contribution is 2.48. The van der Waals surface area contributed by atoms with Crippen LogP contribution in [0.5, 0.6) is 0 Å². The Hall–Kier alpha value is -0.850. The Balaban J connectivity index is 2.86. The van der Waals surface area contributed by atoms with Crippen molar-refractivity contribution < 1.29 is 17.4 Å². The molecule has 0 bridgehead atoms. The number of aryl methyl sites for hydroxylation is 1. The van der Waals surface area contributed by atoms with E-state index in [0.717, 1.165) is 19.1 Å². The first-order valence-corrected chi connectivity index (χ1v) is 10.6. The molecule has 0 N–H and O–H groups in total. The Kier molecular flexibility index (Phi) is 5.28. The first-order chi connectivity index (χ1) is 10.7. The molecule has 0 saturated heterocycles. The van der Waals surface area contributed by atoms with Crippen molar-refractivity contribution in [3.63, 3.8) is 0 Å². The van der Waals surface area contributed by atoms with E-state index in [1.165, 1.54) is 6.07 Å². The summed E-state index contributed by atoms with van der Waals surface area (Å²) in [5.41, 5.74) is 1.42. The minimum absolute atomic E-state index is 0.0517. The van der Waals surface area contributed by atoms with Gasteiger partial charge in [0.2, 0.25) is 0 Å². The normalized spacial score (nSPS) is 24.6. The maximum Gasteiger partial charge on any atom is 0.470 e. The third-order valence-electron chi connectivity index (χ3n) is 4.78. The molecular formula is C16H20ClO4S2+. The van der Waals surface area contributed by atoms with Crippen molar-refractivity contribution in [1.82, 2.24) is 0 Å². The maximum atomic E-state index is 12.3. The third kappa shape index (κ3) is 3.21. The number of benzene rings is 1. The van der Waals surface area contributed by atoms with Crippen molar-refractivity contribution in [3.05, 3.63) is 28.8 Å². The Labute approximate surface area is 146 Å². The zero-order valence-corrected chi connectivity index (χ0v) is 15.8. The van der Waals surface area contributed by atoms with Gasteiger partial charge in [-0.15, -0.1) is 0 Å². The molecule has 4 nitrogen and oxygen atoms in total. The highest BCUT2D eigenvalue weighted by Gasteiger charge is 2.56. The largest absolute Gasteiger partial charge is 0.470 e. The van der Waals surface area contributed by atoms with Crippen molar-refractivity contribution in [2.75, 3.05) is 6.26 Å². The summed E-state index contributed by atoms with van der Waals surface area (Å²) < 4.78 is 35.8. The SMILES string of the molecule is CCc1cc(C2([S+]=O)CCCC2C)c(S(C)(=O)=O)cc1C(=O)Cl. The van der Waals surface area contributed by atoms with Crippen LogP contribution in [-0.2, 0) is 36.9 Å². The number of carbonyl (C=O) groups excluding carboxylic acids is 1. The summed E-state index contributed by atoms with van der Waals surface area (Å²) in [5.74, 6) is 0.0766. The zero-order chi connectivity index (χ0) is 17.4. The molecule has 0 aliphatic heterocycles. The van der Waals surface area contributed by atoms with E-state index in [9.17, 15) is 17.4 Å². The van der Waals surface area contributed by atoms with Crippen molar-refractivity contribution in [3.8, 4) is 0 Å². The molecule has 2 atom stereocenters. The molecule has 0 heterocycles. The van der Waals surface area contributed by atoms with Crippen LogP contribution in [-0.4, -0.2) is 19.9 Å². The van der Waals surface area contributed by atoms with Crippen LogP contribution < -0.4 is 0 Å². The smallest absolute Gasteiger partial charge is 0.276 e. The molecule has 2 unspecified atom stereocenters. The molecule has 1 aliphatic carbocycles. The van der Waals surface area contributed by atoms with E-state index >= 15 is 0 Å². The molecule has 0 spiro atoms. The molecule has 23 heavy (non-hydrogen) atoms. The van der Waals surface area contributed by atoms with Gasteiger partial charge in [0.1, 0.15) is 0 Å². The number of halogens is 1. The monoisotopic (exact) mass is 375 g/mol. The van der Waals surface area contributed by atoms with E-state index < -0.39 is 19.8 Å². The Bertz CT molecular complexity index is 758. The van der Waals surface area contributed by atoms with Gasteiger partial charge in [-0.3, -0.25) is 4.79 Å². The summed E-state index contributed by atoms with van der Waals surface area (Å²) in [4.78, 5) is 11.7. The lowest BCUT2D eigenvalue weighted by Crippen LogP contribution is -2.30. The first-order valence-electron chi connectivity index (χ1n) is 7.55. The molecule has 126 valence electrons. The number of sulfone groups is 1. The van der Waals surface area contributed by atoms with Crippen LogP contribution in [0.25, 0.3) is 0 Å². The molecule has 1 aliphatic rings. The predicted octanol–water partition coefficient (Wildman–Crippen LogP) is 3.47. The summed E-state index contributed by atoms with van der Waals surface area (Å²) >= 11 is 6.09. The van der Waals surface area contributed by atoms with Crippen LogP contribution in [0.4, 0.5) is 0 Å². The van der Waals surface area contributed by atoms with Crippen LogP contribution in [0.1, 0.15) is 54.6 Å². The second kappa shape index (κ2) is 6.57. The van der Waals surface area contributed by atoms with Gasteiger partial charge in [0, 0.05) is 33.9 Å². The molecule has 2 rings (SSSR count). The topological polar surface area (TPSA) is 68.3 Å². The summed E-state index contributed by atoms with van der Waals surface area (Å²) in [7, 11) is -3.59. The Morgan fingerprint density at radius 1 is 1.43 bits per heavy atom. The van der Waals surface area contributed by atoms with Crippen molar-refractivity contribution >= 4 is 38.3 Å². The summed E-state index contributed by atoms with van der Waals surface area (Å²) in [6.07, 6.45) is 4.05. The zero-order valence-electron chi connectivity index (χ0n) is 13.4. The van der Waals surface area contributed by atoms with Gasteiger partial charge < -0.3 is 0 Å². The van der Waals surface area contributed by atoms with Crippen LogP contribution in [0.15, 0.2) is 17.0 Å². The molecule has 0 amide bonds. The van der Waals surface area contributed by atoms with Crippen LogP contribution in [0.2, 0.25) is 0 Å².